The molecule has 1 aliphatic heterocycles. The van der Waals surface area contributed by atoms with Gasteiger partial charge in [0.2, 0.25) is 0 Å². The van der Waals surface area contributed by atoms with Crippen LogP contribution < -0.4 is 4.90 Å². The number of carbonyl (C=O) groups is 1. The number of benzene rings is 1. The molecule has 3 heteroatoms. The van der Waals surface area contributed by atoms with Crippen molar-refractivity contribution in [3.05, 3.63) is 35.4 Å². The number of carboxylic acids is 1. The van der Waals surface area contributed by atoms with Crippen molar-refractivity contribution in [1.29, 1.82) is 0 Å². The molecule has 20 heavy (non-hydrogen) atoms. The minimum Gasteiger partial charge on any atom is -0.478 e. The maximum Gasteiger partial charge on any atom is 0.328 e. The topological polar surface area (TPSA) is 40.5 Å². The third-order valence-electron chi connectivity index (χ3n) is 4.04. The maximum atomic E-state index is 10.6. The number of anilines is 1. The molecule has 1 aromatic carbocycles. The van der Waals surface area contributed by atoms with Gasteiger partial charge in [-0.25, -0.2) is 4.79 Å². The Morgan fingerprint density at radius 3 is 2.85 bits per heavy atom. The van der Waals surface area contributed by atoms with E-state index in [1.54, 1.807) is 6.08 Å². The van der Waals surface area contributed by atoms with Gasteiger partial charge in [0, 0.05) is 24.9 Å². The molecule has 0 aromatic heterocycles. The normalized spacial score (nSPS) is 20.1. The van der Waals surface area contributed by atoms with Crippen molar-refractivity contribution in [1.82, 2.24) is 0 Å². The van der Waals surface area contributed by atoms with E-state index >= 15 is 0 Å². The number of aliphatic carboxylic acids is 1. The molecular weight excluding hydrogens is 250 g/mol. The molecule has 1 N–H and O–H groups in total. The fraction of sp³-hybridized carbons (Fsp3) is 0.471. The van der Waals surface area contributed by atoms with Crippen molar-refractivity contribution in [2.24, 2.45) is 5.92 Å². The molecule has 1 unspecified atom stereocenters. The second kappa shape index (κ2) is 6.60. The van der Waals surface area contributed by atoms with Crippen LogP contribution in [0, 0.1) is 12.8 Å². The Labute approximate surface area is 120 Å². The van der Waals surface area contributed by atoms with Crippen LogP contribution in [0.3, 0.4) is 0 Å². The van der Waals surface area contributed by atoms with E-state index in [0.29, 0.717) is 0 Å². The quantitative estimate of drug-likeness (QED) is 0.853. The van der Waals surface area contributed by atoms with Crippen molar-refractivity contribution >= 4 is 17.7 Å². The molecule has 1 heterocycles. The predicted molar refractivity (Wildman–Crippen MR) is 83.1 cm³/mol. The molecule has 0 spiro atoms. The summed E-state index contributed by atoms with van der Waals surface area (Å²) in [5.74, 6) is -0.0890. The van der Waals surface area contributed by atoms with Gasteiger partial charge in [0.15, 0.2) is 0 Å². The molecule has 2 rings (SSSR count). The second-order valence-corrected chi connectivity index (χ2v) is 5.74. The van der Waals surface area contributed by atoms with Gasteiger partial charge in [-0.3, -0.25) is 0 Å². The number of hydrogen-bond donors (Lipinski definition) is 1. The smallest absolute Gasteiger partial charge is 0.328 e. The van der Waals surface area contributed by atoms with E-state index in [1.165, 1.54) is 31.0 Å². The van der Waals surface area contributed by atoms with Gasteiger partial charge in [0.25, 0.3) is 0 Å². The monoisotopic (exact) mass is 273 g/mol. The predicted octanol–water partition coefficient (Wildman–Crippen LogP) is 3.72. The Hall–Kier alpha value is -1.77. The summed E-state index contributed by atoms with van der Waals surface area (Å²) in [4.78, 5) is 13.0. The number of rotatable bonds is 3. The SMILES string of the molecule is Cc1cc(N2CCCC(C)CC2)ccc1C=CC(=O)O. The molecule has 1 aliphatic rings. The number of aryl methyl sites for hydroxylation is 1. The highest BCUT2D eigenvalue weighted by molar-refractivity contribution is 5.85. The molecule has 108 valence electrons. The summed E-state index contributed by atoms with van der Waals surface area (Å²) in [6, 6.07) is 6.28. The number of nitrogens with zero attached hydrogens (tertiary/aromatic N) is 1. The Kier molecular flexibility index (Phi) is 4.83. The maximum absolute atomic E-state index is 10.6. The summed E-state index contributed by atoms with van der Waals surface area (Å²) in [5, 5.41) is 8.69. The number of hydrogen-bond acceptors (Lipinski definition) is 2. The van der Waals surface area contributed by atoms with E-state index in [4.69, 9.17) is 5.11 Å². The van der Waals surface area contributed by atoms with Crippen LogP contribution in [0.25, 0.3) is 6.08 Å². The molecule has 0 saturated carbocycles. The van der Waals surface area contributed by atoms with Gasteiger partial charge >= 0.3 is 5.97 Å². The van der Waals surface area contributed by atoms with Crippen LogP contribution >= 0.6 is 0 Å². The first kappa shape index (κ1) is 14.6. The third-order valence-corrected chi connectivity index (χ3v) is 4.04. The van der Waals surface area contributed by atoms with Crippen molar-refractivity contribution in [2.45, 2.75) is 33.1 Å². The van der Waals surface area contributed by atoms with Crippen LogP contribution in [0.2, 0.25) is 0 Å². The van der Waals surface area contributed by atoms with Gasteiger partial charge in [-0.1, -0.05) is 13.0 Å². The summed E-state index contributed by atoms with van der Waals surface area (Å²) in [6.07, 6.45) is 6.66. The molecule has 1 fully saturated rings. The van der Waals surface area contributed by atoms with Gasteiger partial charge in [0.05, 0.1) is 0 Å². The zero-order chi connectivity index (χ0) is 14.5. The third kappa shape index (κ3) is 3.86. The molecule has 1 aromatic rings. The van der Waals surface area contributed by atoms with E-state index in [2.05, 4.69) is 24.0 Å². The minimum atomic E-state index is -0.907. The fourth-order valence-corrected chi connectivity index (χ4v) is 2.73. The molecule has 0 aliphatic carbocycles. The fourth-order valence-electron chi connectivity index (χ4n) is 2.73. The first-order valence-electron chi connectivity index (χ1n) is 7.33. The molecule has 3 nitrogen and oxygen atoms in total. The van der Waals surface area contributed by atoms with Crippen molar-refractivity contribution in [3.63, 3.8) is 0 Å². The highest BCUT2D eigenvalue weighted by Crippen LogP contribution is 2.24. The minimum absolute atomic E-state index is 0.818. The highest BCUT2D eigenvalue weighted by atomic mass is 16.4. The van der Waals surface area contributed by atoms with E-state index in [9.17, 15) is 4.79 Å². The summed E-state index contributed by atoms with van der Waals surface area (Å²) < 4.78 is 0. The van der Waals surface area contributed by atoms with Gasteiger partial charge in [-0.05, 0) is 61.4 Å². The van der Waals surface area contributed by atoms with Crippen LogP contribution in [-0.4, -0.2) is 24.2 Å². The zero-order valence-electron chi connectivity index (χ0n) is 12.3. The van der Waals surface area contributed by atoms with E-state index in [-0.39, 0.29) is 0 Å². The largest absolute Gasteiger partial charge is 0.478 e. The average Bonchev–Trinajstić information content (AvgIpc) is 2.62. The van der Waals surface area contributed by atoms with Gasteiger partial charge < -0.3 is 10.0 Å². The van der Waals surface area contributed by atoms with Gasteiger partial charge in [-0.2, -0.15) is 0 Å². The van der Waals surface area contributed by atoms with Crippen LogP contribution in [-0.2, 0) is 4.79 Å². The van der Waals surface area contributed by atoms with Gasteiger partial charge in [-0.15, -0.1) is 0 Å². The molecule has 0 bridgehead atoms. The van der Waals surface area contributed by atoms with Gasteiger partial charge in [0.1, 0.15) is 0 Å². The lowest BCUT2D eigenvalue weighted by atomic mass is 10.0. The summed E-state index contributed by atoms with van der Waals surface area (Å²) in [7, 11) is 0. The molecule has 1 saturated heterocycles. The zero-order valence-corrected chi connectivity index (χ0v) is 12.3. The van der Waals surface area contributed by atoms with E-state index in [1.807, 2.05) is 13.0 Å². The van der Waals surface area contributed by atoms with Crippen LogP contribution in [0.1, 0.15) is 37.3 Å². The molecule has 1 atom stereocenters. The van der Waals surface area contributed by atoms with E-state index in [0.717, 1.165) is 30.1 Å². The standard InChI is InChI=1S/C17H23NO2/c1-13-4-3-10-18(11-9-13)16-7-5-15(14(2)12-16)6-8-17(19)20/h5-8,12-13H,3-4,9-11H2,1-2H3,(H,19,20). The Morgan fingerprint density at radius 1 is 1.35 bits per heavy atom. The lowest BCUT2D eigenvalue weighted by Gasteiger charge is -2.23. The first-order valence-corrected chi connectivity index (χ1v) is 7.33. The summed E-state index contributed by atoms with van der Waals surface area (Å²) in [5.41, 5.74) is 3.35. The van der Waals surface area contributed by atoms with Crippen molar-refractivity contribution < 1.29 is 9.90 Å². The van der Waals surface area contributed by atoms with E-state index < -0.39 is 5.97 Å². The lowest BCUT2D eigenvalue weighted by Crippen LogP contribution is -2.24. The Bertz CT molecular complexity index is 508. The van der Waals surface area contributed by atoms with Crippen LogP contribution in [0.4, 0.5) is 5.69 Å². The Balaban J connectivity index is 2.13. The lowest BCUT2D eigenvalue weighted by molar-refractivity contribution is -0.131. The average molecular weight is 273 g/mol. The Morgan fingerprint density at radius 2 is 2.15 bits per heavy atom. The molecular formula is C17H23NO2. The van der Waals surface area contributed by atoms with Crippen LogP contribution in [0.5, 0.6) is 0 Å². The van der Waals surface area contributed by atoms with Crippen molar-refractivity contribution in [2.75, 3.05) is 18.0 Å². The number of carboxylic acid groups (broad SMARTS) is 1. The summed E-state index contributed by atoms with van der Waals surface area (Å²) >= 11 is 0. The summed E-state index contributed by atoms with van der Waals surface area (Å²) in [6.45, 7) is 6.60. The molecule has 0 amide bonds. The molecule has 0 radical (unpaired) electrons. The van der Waals surface area contributed by atoms with Crippen molar-refractivity contribution in [3.8, 4) is 0 Å². The highest BCUT2D eigenvalue weighted by Gasteiger charge is 2.14. The first-order chi connectivity index (χ1) is 9.56. The second-order valence-electron chi connectivity index (χ2n) is 5.74. The van der Waals surface area contributed by atoms with Crippen LogP contribution in [0.15, 0.2) is 24.3 Å².